The van der Waals surface area contributed by atoms with Crippen molar-refractivity contribution < 1.29 is 29.7 Å². The molecule has 4 aromatic carbocycles. The molecular formula is C32H24N4O2S2Zn. The zero-order valence-corrected chi connectivity index (χ0v) is 26.5. The van der Waals surface area contributed by atoms with Crippen LogP contribution in [0.1, 0.15) is 11.1 Å². The van der Waals surface area contributed by atoms with Gasteiger partial charge in [0, 0.05) is 64.9 Å². The Morgan fingerprint density at radius 3 is 1.27 bits per heavy atom. The minimum absolute atomic E-state index is 0. The Morgan fingerprint density at radius 1 is 0.512 bits per heavy atom. The fourth-order valence-corrected chi connectivity index (χ4v) is 4.91. The van der Waals surface area contributed by atoms with E-state index in [1.54, 1.807) is 36.7 Å². The van der Waals surface area contributed by atoms with Crippen molar-refractivity contribution in [1.82, 2.24) is 9.97 Å². The van der Waals surface area contributed by atoms with Crippen molar-refractivity contribution in [2.45, 2.75) is 0 Å². The number of nitrogens with zero attached hydrogens (tertiary/aromatic N) is 4. The molecule has 0 atom stereocenters. The van der Waals surface area contributed by atoms with Crippen molar-refractivity contribution in [3.8, 4) is 34.0 Å². The van der Waals surface area contributed by atoms with Crippen LogP contribution >= 0.6 is 22.7 Å². The monoisotopic (exact) mass is 624 g/mol. The van der Waals surface area contributed by atoms with Crippen LogP contribution < -0.4 is 0 Å². The summed E-state index contributed by atoms with van der Waals surface area (Å²) in [7, 11) is 0. The van der Waals surface area contributed by atoms with E-state index in [9.17, 15) is 10.2 Å². The van der Waals surface area contributed by atoms with Crippen molar-refractivity contribution in [2.75, 3.05) is 0 Å². The molecule has 9 heteroatoms. The summed E-state index contributed by atoms with van der Waals surface area (Å²) in [4.78, 5) is 17.5. The first kappa shape index (κ1) is 29.7. The van der Waals surface area contributed by atoms with Crippen LogP contribution in [-0.4, -0.2) is 32.6 Å². The summed E-state index contributed by atoms with van der Waals surface area (Å²) in [6.07, 6.45) is 3.26. The molecule has 0 spiro atoms. The molecule has 198 valence electrons. The molecule has 41 heavy (non-hydrogen) atoms. The van der Waals surface area contributed by atoms with Crippen LogP contribution in [0.3, 0.4) is 0 Å². The molecule has 0 radical (unpaired) electrons. The van der Waals surface area contributed by atoms with Crippen molar-refractivity contribution in [3.63, 3.8) is 0 Å². The number of aromatic nitrogens is 2. The summed E-state index contributed by atoms with van der Waals surface area (Å²) >= 11 is 2.96. The van der Waals surface area contributed by atoms with Gasteiger partial charge in [0.2, 0.25) is 10.3 Å². The van der Waals surface area contributed by atoms with E-state index in [-0.39, 0.29) is 31.0 Å². The van der Waals surface area contributed by atoms with Gasteiger partial charge in [0.1, 0.15) is 11.5 Å². The third kappa shape index (κ3) is 8.35. The maximum Gasteiger partial charge on any atom is 0.209 e. The van der Waals surface area contributed by atoms with Crippen LogP contribution in [0.5, 0.6) is 11.5 Å². The second-order valence-corrected chi connectivity index (χ2v) is 10.1. The molecule has 2 N–H and O–H groups in total. The van der Waals surface area contributed by atoms with Crippen LogP contribution in [0.25, 0.3) is 22.5 Å². The second-order valence-electron chi connectivity index (χ2n) is 8.40. The number of aromatic hydroxyl groups is 2. The fraction of sp³-hybridized carbons (Fsp3) is 0. The molecule has 6 nitrogen and oxygen atoms in total. The molecule has 0 aliphatic carbocycles. The minimum Gasteiger partial charge on any atom is -0.507 e. The number of hydrogen-bond acceptors (Lipinski definition) is 8. The number of aliphatic imine (C=N–C) groups is 2. The van der Waals surface area contributed by atoms with Gasteiger partial charge in [-0.1, -0.05) is 84.9 Å². The molecular weight excluding hydrogens is 602 g/mol. The van der Waals surface area contributed by atoms with Gasteiger partial charge >= 0.3 is 0 Å². The minimum atomic E-state index is 0. The third-order valence-electron chi connectivity index (χ3n) is 5.62. The fourth-order valence-electron chi connectivity index (χ4n) is 3.57. The Hall–Kier alpha value is -4.30. The SMILES string of the molecule is Oc1ccccc1C=Nc1nc(-c2ccccc2)cs1.Oc1ccccc1C=Nc1nc(-c2ccccc2)cs1.[Zn]. The van der Waals surface area contributed by atoms with E-state index in [1.807, 2.05) is 95.7 Å². The Balaban J connectivity index is 0.000000184. The average molecular weight is 626 g/mol. The number of phenols is 2. The predicted octanol–water partition coefficient (Wildman–Crippen LogP) is 8.53. The van der Waals surface area contributed by atoms with Crippen molar-refractivity contribution in [1.29, 1.82) is 0 Å². The largest absolute Gasteiger partial charge is 0.507 e. The first-order valence-electron chi connectivity index (χ1n) is 12.3. The first-order valence-corrected chi connectivity index (χ1v) is 14.1. The zero-order chi connectivity index (χ0) is 27.6. The smallest absolute Gasteiger partial charge is 0.209 e. The Labute approximate surface area is 258 Å². The van der Waals surface area contributed by atoms with Gasteiger partial charge in [-0.3, -0.25) is 0 Å². The average Bonchev–Trinajstić information content (AvgIpc) is 3.68. The molecule has 2 heterocycles. The number of hydrogen-bond donors (Lipinski definition) is 2. The number of rotatable bonds is 6. The third-order valence-corrected chi connectivity index (χ3v) is 7.12. The van der Waals surface area contributed by atoms with Gasteiger partial charge in [0.15, 0.2) is 0 Å². The molecule has 0 aliphatic heterocycles. The number of para-hydroxylation sites is 2. The first-order chi connectivity index (χ1) is 19.7. The van der Waals surface area contributed by atoms with Gasteiger partial charge in [-0.15, -0.1) is 22.7 Å². The van der Waals surface area contributed by atoms with E-state index in [4.69, 9.17) is 0 Å². The van der Waals surface area contributed by atoms with Gasteiger partial charge in [-0.2, -0.15) is 0 Å². The van der Waals surface area contributed by atoms with Crippen LogP contribution in [0, 0.1) is 0 Å². The molecule has 6 rings (SSSR count). The normalized spacial score (nSPS) is 10.7. The number of phenolic OH excluding ortho intramolecular Hbond substituents is 2. The molecule has 2 aromatic heterocycles. The summed E-state index contributed by atoms with van der Waals surface area (Å²) in [5.74, 6) is 0.437. The van der Waals surface area contributed by atoms with E-state index in [0.29, 0.717) is 21.4 Å². The van der Waals surface area contributed by atoms with E-state index in [2.05, 4.69) is 20.0 Å². The zero-order valence-electron chi connectivity index (χ0n) is 21.9. The van der Waals surface area contributed by atoms with Crippen LogP contribution in [0.15, 0.2) is 130 Å². The maximum atomic E-state index is 9.66. The quantitative estimate of drug-likeness (QED) is 0.143. The van der Waals surface area contributed by atoms with E-state index >= 15 is 0 Å². The Kier molecular flexibility index (Phi) is 10.8. The predicted molar refractivity (Wildman–Crippen MR) is 166 cm³/mol. The molecule has 6 aromatic rings. The van der Waals surface area contributed by atoms with Gasteiger partial charge < -0.3 is 10.2 Å². The van der Waals surface area contributed by atoms with E-state index in [1.165, 1.54) is 22.7 Å². The molecule has 0 amide bonds. The van der Waals surface area contributed by atoms with Crippen LogP contribution in [0.4, 0.5) is 10.3 Å². The summed E-state index contributed by atoms with van der Waals surface area (Å²) < 4.78 is 0. The van der Waals surface area contributed by atoms with Gasteiger partial charge in [-0.05, 0) is 24.3 Å². The topological polar surface area (TPSA) is 91.0 Å². The molecule has 0 bridgehead atoms. The summed E-state index contributed by atoms with van der Waals surface area (Å²) in [6.45, 7) is 0. The van der Waals surface area contributed by atoms with Crippen LogP contribution in [-0.2, 0) is 19.5 Å². The standard InChI is InChI=1S/2C16H12N2OS.Zn/c2*19-15-9-5-4-8-13(15)10-17-16-18-14(11-20-16)12-6-2-1-3-7-12;/h2*1-11,19H;. The molecule has 0 saturated heterocycles. The van der Waals surface area contributed by atoms with Gasteiger partial charge in [-0.25, -0.2) is 20.0 Å². The number of benzene rings is 4. The number of thiazole rings is 2. The van der Waals surface area contributed by atoms with Crippen molar-refractivity contribution >= 4 is 45.4 Å². The van der Waals surface area contributed by atoms with E-state index in [0.717, 1.165) is 22.5 Å². The van der Waals surface area contributed by atoms with Crippen molar-refractivity contribution in [2.24, 2.45) is 9.98 Å². The van der Waals surface area contributed by atoms with Crippen molar-refractivity contribution in [3.05, 3.63) is 131 Å². The van der Waals surface area contributed by atoms with Gasteiger partial charge in [0.05, 0.1) is 11.4 Å². The maximum absolute atomic E-state index is 9.66. The van der Waals surface area contributed by atoms with E-state index < -0.39 is 0 Å². The van der Waals surface area contributed by atoms with Crippen LogP contribution in [0.2, 0.25) is 0 Å². The Bertz CT molecular complexity index is 1610. The molecule has 0 unspecified atom stereocenters. The second kappa shape index (κ2) is 14.9. The Morgan fingerprint density at radius 2 is 0.878 bits per heavy atom. The molecule has 0 aliphatic rings. The summed E-state index contributed by atoms with van der Waals surface area (Å²) in [5.41, 5.74) is 5.36. The molecule has 0 fully saturated rings. The van der Waals surface area contributed by atoms with Gasteiger partial charge in [0.25, 0.3) is 0 Å². The summed E-state index contributed by atoms with van der Waals surface area (Å²) in [5, 5.41) is 24.6. The summed E-state index contributed by atoms with van der Waals surface area (Å²) in [6, 6.07) is 34.2. The molecule has 0 saturated carbocycles.